The van der Waals surface area contributed by atoms with E-state index in [0.717, 1.165) is 12.3 Å². The first-order valence-electron chi connectivity index (χ1n) is 5.01. The van der Waals surface area contributed by atoms with E-state index in [1.54, 1.807) is 11.9 Å². The lowest BCUT2D eigenvalue weighted by molar-refractivity contribution is -0.137. The predicted molar refractivity (Wildman–Crippen MR) is 62.4 cm³/mol. The van der Waals surface area contributed by atoms with Crippen molar-refractivity contribution in [2.24, 2.45) is 0 Å². The fourth-order valence-corrected chi connectivity index (χ4v) is 1.33. The summed E-state index contributed by atoms with van der Waals surface area (Å²) in [4.78, 5) is 5.56. The van der Waals surface area contributed by atoms with Crippen LogP contribution in [0.2, 0.25) is 0 Å². The van der Waals surface area contributed by atoms with Gasteiger partial charge in [0.15, 0.2) is 0 Å². The highest BCUT2D eigenvalue weighted by atomic mass is 35.5. The molecule has 1 heterocycles. The number of alkyl halides is 4. The van der Waals surface area contributed by atoms with Crippen LogP contribution in [0.4, 0.5) is 19.0 Å². The van der Waals surface area contributed by atoms with Crippen molar-refractivity contribution in [2.75, 3.05) is 17.8 Å². The summed E-state index contributed by atoms with van der Waals surface area (Å²) < 4.78 is 37.0. The molecule has 0 bridgehead atoms. The van der Waals surface area contributed by atoms with Gasteiger partial charge < -0.3 is 4.90 Å². The zero-order chi connectivity index (χ0) is 13.3. The summed E-state index contributed by atoms with van der Waals surface area (Å²) >= 11 is 5.79. The number of hydrogen-bond donors (Lipinski definition) is 0. The first-order chi connectivity index (χ1) is 7.68. The second-order valence-electron chi connectivity index (χ2n) is 4.41. The summed E-state index contributed by atoms with van der Waals surface area (Å²) in [5.74, 6) is 0.815. The summed E-state index contributed by atoms with van der Waals surface area (Å²) in [6.45, 7) is 3.78. The zero-order valence-corrected chi connectivity index (χ0v) is 10.6. The highest BCUT2D eigenvalue weighted by Crippen LogP contribution is 2.30. The third kappa shape index (κ3) is 3.25. The van der Waals surface area contributed by atoms with E-state index in [9.17, 15) is 13.2 Å². The van der Waals surface area contributed by atoms with Crippen molar-refractivity contribution in [2.45, 2.75) is 25.6 Å². The van der Waals surface area contributed by atoms with Crippen molar-refractivity contribution in [3.63, 3.8) is 0 Å². The summed E-state index contributed by atoms with van der Waals surface area (Å²) in [7, 11) is 1.75. The molecular weight excluding hydrogens is 253 g/mol. The molecule has 0 N–H and O–H groups in total. The van der Waals surface area contributed by atoms with Crippen molar-refractivity contribution in [3.8, 4) is 0 Å². The first kappa shape index (κ1) is 14.1. The minimum atomic E-state index is -4.36. The summed E-state index contributed by atoms with van der Waals surface area (Å²) in [5, 5.41) is 0. The monoisotopic (exact) mass is 266 g/mol. The van der Waals surface area contributed by atoms with E-state index < -0.39 is 11.7 Å². The van der Waals surface area contributed by atoms with Crippen LogP contribution in [0.25, 0.3) is 0 Å². The topological polar surface area (TPSA) is 16.1 Å². The minimum absolute atomic E-state index is 0.353. The number of rotatable bonds is 3. The summed E-state index contributed by atoms with van der Waals surface area (Å²) in [6, 6.07) is 2.36. The first-order valence-corrected chi connectivity index (χ1v) is 5.55. The van der Waals surface area contributed by atoms with E-state index in [1.165, 1.54) is 6.07 Å². The van der Waals surface area contributed by atoms with Crippen molar-refractivity contribution in [1.29, 1.82) is 0 Å². The molecule has 2 nitrogen and oxygen atoms in total. The molecule has 0 aliphatic heterocycles. The van der Waals surface area contributed by atoms with Gasteiger partial charge in [-0.25, -0.2) is 4.98 Å². The van der Waals surface area contributed by atoms with Crippen LogP contribution in [-0.2, 0) is 6.18 Å². The maximum absolute atomic E-state index is 12.3. The van der Waals surface area contributed by atoms with Crippen molar-refractivity contribution in [1.82, 2.24) is 4.98 Å². The lowest BCUT2D eigenvalue weighted by Crippen LogP contribution is -2.43. The number of halogens is 4. The molecule has 0 aliphatic rings. The molecule has 96 valence electrons. The van der Waals surface area contributed by atoms with Gasteiger partial charge in [0.2, 0.25) is 0 Å². The maximum atomic E-state index is 12.3. The standard InChI is InChI=1S/C11H14ClF3N2/c1-10(2,7-12)17(3)9-5-4-8(6-16-9)11(13,14)15/h4-6H,7H2,1-3H3. The molecular formula is C11H14ClF3N2. The lowest BCUT2D eigenvalue weighted by Gasteiger charge is -2.34. The van der Waals surface area contributed by atoms with Gasteiger partial charge in [0.05, 0.1) is 5.56 Å². The van der Waals surface area contributed by atoms with Gasteiger partial charge in [-0.2, -0.15) is 13.2 Å². The molecule has 17 heavy (non-hydrogen) atoms. The molecule has 0 spiro atoms. The Morgan fingerprint density at radius 3 is 2.24 bits per heavy atom. The van der Waals surface area contributed by atoms with E-state index in [0.29, 0.717) is 11.7 Å². The predicted octanol–water partition coefficient (Wildman–Crippen LogP) is 3.55. The van der Waals surface area contributed by atoms with Gasteiger partial charge >= 0.3 is 6.18 Å². The van der Waals surface area contributed by atoms with Crippen LogP contribution in [0.15, 0.2) is 18.3 Å². The Kier molecular flexibility index (Phi) is 3.91. The second kappa shape index (κ2) is 4.72. The molecule has 0 fully saturated rings. The van der Waals surface area contributed by atoms with Gasteiger partial charge in [0.1, 0.15) is 5.82 Å². The van der Waals surface area contributed by atoms with Crippen molar-refractivity contribution in [3.05, 3.63) is 23.9 Å². The zero-order valence-electron chi connectivity index (χ0n) is 9.85. The molecule has 0 amide bonds. The summed E-state index contributed by atoms with van der Waals surface area (Å²) in [6.07, 6.45) is -3.53. The van der Waals surface area contributed by atoms with Gasteiger partial charge in [-0.1, -0.05) is 0 Å². The fraction of sp³-hybridized carbons (Fsp3) is 0.545. The van der Waals surface area contributed by atoms with E-state index >= 15 is 0 Å². The number of aromatic nitrogens is 1. The van der Waals surface area contributed by atoms with Crippen LogP contribution in [0.3, 0.4) is 0 Å². The van der Waals surface area contributed by atoms with Crippen LogP contribution >= 0.6 is 11.6 Å². The Hall–Kier alpha value is -0.970. The smallest absolute Gasteiger partial charge is 0.353 e. The van der Waals surface area contributed by atoms with Crippen LogP contribution < -0.4 is 4.90 Å². The van der Waals surface area contributed by atoms with E-state index in [1.807, 2.05) is 13.8 Å². The molecule has 1 aromatic rings. The Labute approximate surface area is 103 Å². The highest BCUT2D eigenvalue weighted by Gasteiger charge is 2.31. The number of anilines is 1. The molecule has 0 saturated carbocycles. The lowest BCUT2D eigenvalue weighted by atomic mass is 10.1. The molecule has 1 aromatic heterocycles. The Morgan fingerprint density at radius 1 is 1.29 bits per heavy atom. The molecule has 0 radical (unpaired) electrons. The molecule has 6 heteroatoms. The van der Waals surface area contributed by atoms with E-state index in [4.69, 9.17) is 11.6 Å². The van der Waals surface area contributed by atoms with E-state index in [2.05, 4.69) is 4.98 Å². The molecule has 0 unspecified atom stereocenters. The van der Waals surface area contributed by atoms with Gasteiger partial charge in [0, 0.05) is 24.7 Å². The van der Waals surface area contributed by atoms with Crippen LogP contribution in [0.5, 0.6) is 0 Å². The Bertz CT molecular complexity index is 373. The fourth-order valence-electron chi connectivity index (χ4n) is 1.15. The average Bonchev–Trinajstić information content (AvgIpc) is 2.27. The number of nitrogens with zero attached hydrogens (tertiary/aromatic N) is 2. The van der Waals surface area contributed by atoms with Gasteiger partial charge in [-0.05, 0) is 26.0 Å². The molecule has 0 atom stereocenters. The maximum Gasteiger partial charge on any atom is 0.417 e. The minimum Gasteiger partial charge on any atom is -0.353 e. The average molecular weight is 267 g/mol. The normalized spacial score (nSPS) is 12.6. The van der Waals surface area contributed by atoms with Crippen molar-refractivity contribution < 1.29 is 13.2 Å². The molecule has 0 aromatic carbocycles. The highest BCUT2D eigenvalue weighted by molar-refractivity contribution is 6.18. The largest absolute Gasteiger partial charge is 0.417 e. The van der Waals surface area contributed by atoms with Gasteiger partial charge in [-0.15, -0.1) is 11.6 Å². The van der Waals surface area contributed by atoms with E-state index in [-0.39, 0.29) is 5.54 Å². The third-order valence-corrected chi connectivity index (χ3v) is 3.31. The number of hydrogen-bond acceptors (Lipinski definition) is 2. The molecule has 0 saturated heterocycles. The van der Waals surface area contributed by atoms with Crippen LogP contribution in [0.1, 0.15) is 19.4 Å². The second-order valence-corrected chi connectivity index (χ2v) is 4.68. The summed E-state index contributed by atoms with van der Waals surface area (Å²) in [5.41, 5.74) is -1.12. The van der Waals surface area contributed by atoms with Gasteiger partial charge in [0.25, 0.3) is 0 Å². The molecule has 0 aliphatic carbocycles. The molecule has 1 rings (SSSR count). The number of pyridine rings is 1. The van der Waals surface area contributed by atoms with Crippen LogP contribution in [-0.4, -0.2) is 23.5 Å². The third-order valence-electron chi connectivity index (χ3n) is 2.65. The SMILES string of the molecule is CN(c1ccc(C(F)(F)F)cn1)C(C)(C)CCl. The van der Waals surface area contributed by atoms with Crippen LogP contribution in [0, 0.1) is 0 Å². The Balaban J connectivity index is 2.96. The Morgan fingerprint density at radius 2 is 1.88 bits per heavy atom. The van der Waals surface area contributed by atoms with Gasteiger partial charge in [-0.3, -0.25) is 0 Å². The quantitative estimate of drug-likeness (QED) is 0.778. The van der Waals surface area contributed by atoms with Crippen molar-refractivity contribution >= 4 is 17.4 Å².